The maximum atomic E-state index is 5.64. The van der Waals surface area contributed by atoms with Crippen molar-refractivity contribution in [3.63, 3.8) is 0 Å². The van der Waals surface area contributed by atoms with E-state index in [1.54, 1.807) is 14.2 Å². The van der Waals surface area contributed by atoms with Gasteiger partial charge in [0.25, 0.3) is 0 Å². The summed E-state index contributed by atoms with van der Waals surface area (Å²) in [5.41, 5.74) is 2.02. The number of nitrogens with zero attached hydrogens (tertiary/aromatic N) is 1. The number of rotatable bonds is 5. The van der Waals surface area contributed by atoms with Crippen molar-refractivity contribution in [2.75, 3.05) is 20.8 Å². The Kier molecular flexibility index (Phi) is 3.91. The second kappa shape index (κ2) is 5.69. The highest BCUT2D eigenvalue weighted by atomic mass is 32.1. The third kappa shape index (κ3) is 2.42. The van der Waals surface area contributed by atoms with Crippen LogP contribution in [0.1, 0.15) is 25.8 Å². The zero-order valence-electron chi connectivity index (χ0n) is 12.5. The molecule has 3 rings (SSSR count). The highest BCUT2D eigenvalue weighted by Gasteiger charge is 2.32. The fraction of sp³-hybridized carbons (Fsp3) is 0.533. The number of aromatic nitrogens is 2. The Bertz CT molecular complexity index is 701. The minimum atomic E-state index is 0.354. The summed E-state index contributed by atoms with van der Waals surface area (Å²) in [6.45, 7) is 2.80. The molecule has 0 unspecified atom stereocenters. The summed E-state index contributed by atoms with van der Waals surface area (Å²) in [7, 11) is 3.28. The van der Waals surface area contributed by atoms with E-state index in [9.17, 15) is 0 Å². The highest BCUT2D eigenvalue weighted by Crippen LogP contribution is 2.39. The number of hydrogen-bond donors (Lipinski definition) is 1. The van der Waals surface area contributed by atoms with Crippen molar-refractivity contribution in [2.24, 2.45) is 0 Å². The van der Waals surface area contributed by atoms with Crippen LogP contribution in [0, 0.1) is 4.77 Å². The van der Waals surface area contributed by atoms with E-state index in [0.717, 1.165) is 35.3 Å². The Balaban J connectivity index is 1.99. The Hall–Kier alpha value is -1.53. The number of ether oxygens (including phenoxy) is 3. The van der Waals surface area contributed by atoms with Gasteiger partial charge in [0.15, 0.2) is 16.3 Å². The number of methoxy groups -OCH3 is 2. The van der Waals surface area contributed by atoms with Crippen LogP contribution in [0.15, 0.2) is 12.1 Å². The zero-order chi connectivity index (χ0) is 15.0. The van der Waals surface area contributed by atoms with Crippen LogP contribution in [0.25, 0.3) is 11.0 Å². The minimum absolute atomic E-state index is 0.354. The fourth-order valence-corrected chi connectivity index (χ4v) is 3.29. The number of H-pyrrole nitrogens is 1. The van der Waals surface area contributed by atoms with E-state index >= 15 is 0 Å². The standard InChI is InChI=1S/C15H20N2O3S/c1-4-20-10-5-9(6-10)17-12-8-14(19-3)13(18-2)7-11(12)16-15(17)21/h7-10H,4-6H2,1-3H3,(H,16,21). The molecule has 0 saturated heterocycles. The molecule has 5 nitrogen and oxygen atoms in total. The van der Waals surface area contributed by atoms with Crippen LogP contribution in [-0.4, -0.2) is 36.5 Å². The number of fused-ring (bicyclic) bond motifs is 1. The van der Waals surface area contributed by atoms with E-state index < -0.39 is 0 Å². The van der Waals surface area contributed by atoms with Crippen LogP contribution in [0.5, 0.6) is 11.5 Å². The third-order valence-corrected chi connectivity index (χ3v) is 4.36. The van der Waals surface area contributed by atoms with Gasteiger partial charge < -0.3 is 23.8 Å². The van der Waals surface area contributed by atoms with Gasteiger partial charge in [-0.15, -0.1) is 0 Å². The topological polar surface area (TPSA) is 48.4 Å². The van der Waals surface area contributed by atoms with Crippen molar-refractivity contribution in [3.05, 3.63) is 16.9 Å². The second-order valence-electron chi connectivity index (χ2n) is 5.23. The van der Waals surface area contributed by atoms with Gasteiger partial charge in [-0.2, -0.15) is 0 Å². The number of benzene rings is 1. The van der Waals surface area contributed by atoms with Gasteiger partial charge in [-0.1, -0.05) is 0 Å². The molecule has 1 N–H and O–H groups in total. The molecule has 0 spiro atoms. The molecule has 2 aromatic rings. The molecule has 0 amide bonds. The summed E-state index contributed by atoms with van der Waals surface area (Å²) in [5, 5.41) is 0. The summed E-state index contributed by atoms with van der Waals surface area (Å²) in [5.74, 6) is 1.42. The van der Waals surface area contributed by atoms with E-state index in [2.05, 4.69) is 9.55 Å². The normalized spacial score (nSPS) is 21.3. The van der Waals surface area contributed by atoms with Crippen molar-refractivity contribution < 1.29 is 14.2 Å². The van der Waals surface area contributed by atoms with Crippen LogP contribution in [0.2, 0.25) is 0 Å². The van der Waals surface area contributed by atoms with Crippen molar-refractivity contribution in [3.8, 4) is 11.5 Å². The minimum Gasteiger partial charge on any atom is -0.493 e. The van der Waals surface area contributed by atoms with Crippen LogP contribution < -0.4 is 9.47 Å². The van der Waals surface area contributed by atoms with Gasteiger partial charge in [0.2, 0.25) is 0 Å². The molecular formula is C15H20N2O3S. The number of nitrogens with one attached hydrogen (secondary N) is 1. The Morgan fingerprint density at radius 3 is 2.52 bits per heavy atom. The first kappa shape index (κ1) is 14.4. The summed E-state index contributed by atoms with van der Waals surface area (Å²) in [6, 6.07) is 4.30. The maximum Gasteiger partial charge on any atom is 0.178 e. The number of aromatic amines is 1. The molecule has 0 aliphatic heterocycles. The SMILES string of the molecule is CCOC1CC(n2c(=S)[nH]c3cc(OC)c(OC)cc32)C1. The molecule has 0 radical (unpaired) electrons. The monoisotopic (exact) mass is 308 g/mol. The van der Waals surface area contributed by atoms with Gasteiger partial charge in [0.05, 0.1) is 31.4 Å². The Morgan fingerprint density at radius 2 is 1.90 bits per heavy atom. The van der Waals surface area contributed by atoms with Gasteiger partial charge in [-0.3, -0.25) is 0 Å². The largest absolute Gasteiger partial charge is 0.493 e. The average Bonchev–Trinajstić information content (AvgIpc) is 2.75. The predicted molar refractivity (Wildman–Crippen MR) is 83.9 cm³/mol. The molecule has 1 fully saturated rings. The molecular weight excluding hydrogens is 288 g/mol. The average molecular weight is 308 g/mol. The Labute approximate surface area is 128 Å². The molecule has 1 heterocycles. The van der Waals surface area contributed by atoms with Crippen molar-refractivity contribution in [2.45, 2.75) is 31.9 Å². The first-order valence-electron chi connectivity index (χ1n) is 7.15. The third-order valence-electron chi connectivity index (χ3n) is 4.06. The molecule has 1 aliphatic carbocycles. The summed E-state index contributed by atoms with van der Waals surface area (Å²) in [4.78, 5) is 3.25. The lowest BCUT2D eigenvalue weighted by Crippen LogP contribution is -2.33. The quantitative estimate of drug-likeness (QED) is 0.859. The van der Waals surface area contributed by atoms with Gasteiger partial charge in [0, 0.05) is 24.8 Å². The Morgan fingerprint density at radius 1 is 1.24 bits per heavy atom. The molecule has 114 valence electrons. The highest BCUT2D eigenvalue weighted by molar-refractivity contribution is 7.71. The van der Waals surface area contributed by atoms with Gasteiger partial charge in [-0.05, 0) is 32.0 Å². The fourth-order valence-electron chi connectivity index (χ4n) is 2.94. The van der Waals surface area contributed by atoms with Crippen molar-refractivity contribution >= 4 is 23.3 Å². The van der Waals surface area contributed by atoms with E-state index in [0.29, 0.717) is 23.6 Å². The molecule has 1 saturated carbocycles. The van der Waals surface area contributed by atoms with Crippen LogP contribution >= 0.6 is 12.2 Å². The van der Waals surface area contributed by atoms with Gasteiger partial charge in [0.1, 0.15) is 0 Å². The van der Waals surface area contributed by atoms with Crippen LogP contribution in [-0.2, 0) is 4.74 Å². The van der Waals surface area contributed by atoms with E-state index in [-0.39, 0.29) is 0 Å². The van der Waals surface area contributed by atoms with E-state index in [4.69, 9.17) is 26.4 Å². The molecule has 1 aliphatic rings. The molecule has 6 heteroatoms. The summed E-state index contributed by atoms with van der Waals surface area (Å²) >= 11 is 5.48. The number of hydrogen-bond acceptors (Lipinski definition) is 4. The van der Waals surface area contributed by atoms with Gasteiger partial charge >= 0.3 is 0 Å². The first-order chi connectivity index (χ1) is 10.2. The lowest BCUT2D eigenvalue weighted by atomic mass is 9.89. The molecule has 0 bridgehead atoms. The molecule has 0 atom stereocenters. The molecule has 1 aromatic heterocycles. The lowest BCUT2D eigenvalue weighted by molar-refractivity contribution is -0.0190. The zero-order valence-corrected chi connectivity index (χ0v) is 13.3. The van der Waals surface area contributed by atoms with E-state index in [1.807, 2.05) is 19.1 Å². The predicted octanol–water partition coefficient (Wildman–Crippen LogP) is 3.46. The lowest BCUT2D eigenvalue weighted by Gasteiger charge is -2.36. The summed E-state index contributed by atoms with van der Waals surface area (Å²) in [6.07, 6.45) is 2.36. The van der Waals surface area contributed by atoms with Crippen LogP contribution in [0.4, 0.5) is 0 Å². The molecule has 21 heavy (non-hydrogen) atoms. The van der Waals surface area contributed by atoms with Crippen molar-refractivity contribution in [1.82, 2.24) is 9.55 Å². The maximum absolute atomic E-state index is 5.64. The summed E-state index contributed by atoms with van der Waals surface area (Å²) < 4.78 is 19.3. The van der Waals surface area contributed by atoms with E-state index in [1.165, 1.54) is 0 Å². The number of imidazole rings is 1. The van der Waals surface area contributed by atoms with Crippen LogP contribution in [0.3, 0.4) is 0 Å². The first-order valence-corrected chi connectivity index (χ1v) is 7.56. The van der Waals surface area contributed by atoms with Gasteiger partial charge in [-0.25, -0.2) is 0 Å². The second-order valence-corrected chi connectivity index (χ2v) is 5.61. The smallest absolute Gasteiger partial charge is 0.178 e. The molecule has 1 aromatic carbocycles. The van der Waals surface area contributed by atoms with Crippen molar-refractivity contribution in [1.29, 1.82) is 0 Å².